The highest BCUT2D eigenvalue weighted by atomic mass is 32.2. The largest absolute Gasteiger partial charge is 0.383 e. The molecular weight excluding hydrogens is 347 g/mol. The van der Waals surface area contributed by atoms with Gasteiger partial charge < -0.3 is 10.1 Å². The molecule has 0 heterocycles. The van der Waals surface area contributed by atoms with E-state index in [2.05, 4.69) is 10.0 Å². The number of halogens is 1. The van der Waals surface area contributed by atoms with E-state index in [1.165, 1.54) is 31.4 Å². The predicted octanol–water partition coefficient (Wildman–Crippen LogP) is 2.31. The molecular formula is C17H19FN2O4S. The Balaban J connectivity index is 2.17. The van der Waals surface area contributed by atoms with Crippen LogP contribution in [0.2, 0.25) is 0 Å². The van der Waals surface area contributed by atoms with Gasteiger partial charge in [0.25, 0.3) is 15.9 Å². The number of rotatable bonds is 7. The molecule has 0 aliphatic carbocycles. The van der Waals surface area contributed by atoms with E-state index >= 15 is 0 Å². The van der Waals surface area contributed by atoms with Crippen molar-refractivity contribution >= 4 is 21.6 Å². The number of hydrogen-bond acceptors (Lipinski definition) is 4. The van der Waals surface area contributed by atoms with Crippen LogP contribution in [0.1, 0.15) is 15.9 Å². The molecule has 0 saturated heterocycles. The van der Waals surface area contributed by atoms with Gasteiger partial charge in [-0.3, -0.25) is 9.52 Å². The Morgan fingerprint density at radius 3 is 2.64 bits per heavy atom. The molecule has 6 nitrogen and oxygen atoms in total. The van der Waals surface area contributed by atoms with Crippen molar-refractivity contribution in [2.75, 3.05) is 25.0 Å². The lowest BCUT2D eigenvalue weighted by molar-refractivity contribution is 0.0937. The summed E-state index contributed by atoms with van der Waals surface area (Å²) >= 11 is 0. The van der Waals surface area contributed by atoms with Crippen LogP contribution in [0, 0.1) is 12.7 Å². The highest BCUT2D eigenvalue weighted by molar-refractivity contribution is 7.92. The molecule has 2 aromatic carbocycles. The summed E-state index contributed by atoms with van der Waals surface area (Å²) in [6.07, 6.45) is 0. The third-order valence-corrected chi connectivity index (χ3v) is 4.80. The van der Waals surface area contributed by atoms with E-state index in [-0.39, 0.29) is 16.5 Å². The second kappa shape index (κ2) is 8.09. The number of anilines is 1. The van der Waals surface area contributed by atoms with Crippen LogP contribution in [-0.2, 0) is 14.8 Å². The van der Waals surface area contributed by atoms with Gasteiger partial charge in [-0.2, -0.15) is 0 Å². The van der Waals surface area contributed by atoms with Crippen molar-refractivity contribution in [3.8, 4) is 0 Å². The first kappa shape index (κ1) is 18.9. The molecule has 0 aliphatic rings. The molecule has 8 heteroatoms. The average Bonchev–Trinajstić information content (AvgIpc) is 2.57. The van der Waals surface area contributed by atoms with Crippen molar-refractivity contribution in [1.82, 2.24) is 5.32 Å². The number of ether oxygens (including phenoxy) is 1. The number of carbonyl (C=O) groups excluding carboxylic acids is 1. The van der Waals surface area contributed by atoms with Gasteiger partial charge in [-0.15, -0.1) is 0 Å². The number of nitrogens with one attached hydrogen (secondary N) is 2. The molecule has 134 valence electrons. The lowest BCUT2D eigenvalue weighted by atomic mass is 10.2. The highest BCUT2D eigenvalue weighted by Gasteiger charge is 2.16. The predicted molar refractivity (Wildman–Crippen MR) is 92.6 cm³/mol. The van der Waals surface area contributed by atoms with Crippen molar-refractivity contribution in [3.63, 3.8) is 0 Å². The fraction of sp³-hybridized carbons (Fsp3) is 0.235. The third-order valence-electron chi connectivity index (χ3n) is 3.42. The van der Waals surface area contributed by atoms with Gasteiger partial charge in [0.2, 0.25) is 0 Å². The lowest BCUT2D eigenvalue weighted by Crippen LogP contribution is -2.27. The fourth-order valence-corrected chi connectivity index (χ4v) is 3.11. The van der Waals surface area contributed by atoms with E-state index in [1.807, 2.05) is 0 Å². The van der Waals surface area contributed by atoms with Crippen LogP contribution in [-0.4, -0.2) is 34.6 Å². The minimum Gasteiger partial charge on any atom is -0.383 e. The maximum Gasteiger partial charge on any atom is 0.261 e. The van der Waals surface area contributed by atoms with Gasteiger partial charge in [0.05, 0.1) is 11.5 Å². The summed E-state index contributed by atoms with van der Waals surface area (Å²) in [6.45, 7) is 2.26. The molecule has 2 rings (SSSR count). The molecule has 0 aliphatic heterocycles. The number of aryl methyl sites for hydroxylation is 1. The molecule has 0 unspecified atom stereocenters. The normalized spacial score (nSPS) is 11.2. The molecule has 2 aromatic rings. The highest BCUT2D eigenvalue weighted by Crippen LogP contribution is 2.19. The van der Waals surface area contributed by atoms with Crippen molar-refractivity contribution < 1.29 is 22.3 Å². The van der Waals surface area contributed by atoms with Gasteiger partial charge in [0.1, 0.15) is 5.82 Å². The fourth-order valence-electron chi connectivity index (χ4n) is 2.05. The van der Waals surface area contributed by atoms with Crippen LogP contribution in [0.5, 0.6) is 0 Å². The molecule has 1 amide bonds. The lowest BCUT2D eigenvalue weighted by Gasteiger charge is -2.10. The summed E-state index contributed by atoms with van der Waals surface area (Å²) in [4.78, 5) is 11.8. The summed E-state index contributed by atoms with van der Waals surface area (Å²) < 4.78 is 45.5. The zero-order valence-electron chi connectivity index (χ0n) is 13.9. The first-order chi connectivity index (χ1) is 11.8. The van der Waals surface area contributed by atoms with E-state index < -0.39 is 15.8 Å². The van der Waals surface area contributed by atoms with Crippen molar-refractivity contribution in [1.29, 1.82) is 0 Å². The number of benzene rings is 2. The summed E-state index contributed by atoms with van der Waals surface area (Å²) in [5.41, 5.74) is 0.862. The van der Waals surface area contributed by atoms with Gasteiger partial charge in [-0.05, 0) is 42.8 Å². The average molecular weight is 366 g/mol. The monoisotopic (exact) mass is 366 g/mol. The Labute approximate surface area is 146 Å². The summed E-state index contributed by atoms with van der Waals surface area (Å²) in [5.74, 6) is -0.950. The maximum absolute atomic E-state index is 13.6. The Hall–Kier alpha value is -2.45. The molecule has 0 aromatic heterocycles. The number of sulfonamides is 1. The van der Waals surface area contributed by atoms with Crippen LogP contribution in [0.25, 0.3) is 0 Å². The molecule has 0 atom stereocenters. The Kier molecular flexibility index (Phi) is 6.11. The van der Waals surface area contributed by atoms with Gasteiger partial charge in [0, 0.05) is 24.9 Å². The van der Waals surface area contributed by atoms with E-state index in [4.69, 9.17) is 4.74 Å². The van der Waals surface area contributed by atoms with Crippen molar-refractivity contribution in [2.45, 2.75) is 11.8 Å². The second-order valence-corrected chi connectivity index (χ2v) is 7.03. The summed E-state index contributed by atoms with van der Waals surface area (Å²) in [5, 5.41) is 2.64. The van der Waals surface area contributed by atoms with Crippen LogP contribution in [0.4, 0.5) is 10.1 Å². The molecule has 0 radical (unpaired) electrons. The number of carbonyl (C=O) groups is 1. The van der Waals surface area contributed by atoms with Crippen LogP contribution in [0.15, 0.2) is 47.4 Å². The molecule has 0 saturated carbocycles. The smallest absolute Gasteiger partial charge is 0.261 e. The van der Waals surface area contributed by atoms with Crippen LogP contribution in [0.3, 0.4) is 0 Å². The first-order valence-electron chi connectivity index (χ1n) is 7.49. The minimum absolute atomic E-state index is 0.189. The maximum atomic E-state index is 13.6. The van der Waals surface area contributed by atoms with Gasteiger partial charge >= 0.3 is 0 Å². The van der Waals surface area contributed by atoms with Gasteiger partial charge in [0.15, 0.2) is 0 Å². The van der Waals surface area contributed by atoms with Crippen LogP contribution >= 0.6 is 0 Å². The van der Waals surface area contributed by atoms with Gasteiger partial charge in [-0.25, -0.2) is 12.8 Å². The summed E-state index contributed by atoms with van der Waals surface area (Å²) in [6, 6.07) is 9.70. The Morgan fingerprint density at radius 2 is 1.96 bits per heavy atom. The first-order valence-corrected chi connectivity index (χ1v) is 8.98. The summed E-state index contributed by atoms with van der Waals surface area (Å²) in [7, 11) is -2.43. The van der Waals surface area contributed by atoms with E-state index in [9.17, 15) is 17.6 Å². The molecule has 0 spiro atoms. The van der Waals surface area contributed by atoms with Crippen molar-refractivity contribution in [3.05, 3.63) is 59.4 Å². The Bertz CT molecular complexity index is 869. The van der Waals surface area contributed by atoms with Gasteiger partial charge in [-0.1, -0.05) is 12.1 Å². The van der Waals surface area contributed by atoms with E-state index in [1.54, 1.807) is 19.1 Å². The minimum atomic E-state index is -3.96. The zero-order chi connectivity index (χ0) is 18.4. The SMILES string of the molecule is COCCNC(=O)c1cccc(NS(=O)(=O)c2ccc(C)c(F)c2)c1. The topological polar surface area (TPSA) is 84.5 Å². The Morgan fingerprint density at radius 1 is 1.20 bits per heavy atom. The number of hydrogen-bond donors (Lipinski definition) is 2. The standard InChI is InChI=1S/C17H19FN2O4S/c1-12-6-7-15(11-16(12)18)25(22,23)20-14-5-3-4-13(10-14)17(21)19-8-9-24-2/h3-7,10-11,20H,8-9H2,1-2H3,(H,19,21). The molecule has 2 N–H and O–H groups in total. The van der Waals surface area contributed by atoms with Crippen LogP contribution < -0.4 is 10.0 Å². The number of methoxy groups -OCH3 is 1. The molecule has 0 bridgehead atoms. The van der Waals surface area contributed by atoms with E-state index in [0.29, 0.717) is 24.3 Å². The second-order valence-electron chi connectivity index (χ2n) is 5.35. The zero-order valence-corrected chi connectivity index (χ0v) is 14.7. The molecule has 25 heavy (non-hydrogen) atoms. The third kappa shape index (κ3) is 5.01. The quantitative estimate of drug-likeness (QED) is 0.737. The molecule has 0 fully saturated rings. The van der Waals surface area contributed by atoms with E-state index in [0.717, 1.165) is 6.07 Å². The van der Waals surface area contributed by atoms with Crippen molar-refractivity contribution in [2.24, 2.45) is 0 Å². The number of amides is 1.